The maximum Gasteiger partial charge on any atom is 0.285 e. The Morgan fingerprint density at radius 2 is 1.79 bits per heavy atom. The molecule has 0 saturated carbocycles. The van der Waals surface area contributed by atoms with Crippen LogP contribution in [0.15, 0.2) is 45.7 Å². The number of hydrogen-bond donors (Lipinski definition) is 0. The third-order valence-corrected chi connectivity index (χ3v) is 6.26. The van der Waals surface area contributed by atoms with E-state index in [4.69, 9.17) is 4.74 Å². The first kappa shape index (κ1) is 16.7. The molecule has 0 atom stereocenters. The van der Waals surface area contributed by atoms with Gasteiger partial charge < -0.3 is 9.30 Å². The molecular formula is C17H18N2O3S2. The van der Waals surface area contributed by atoms with Crippen LogP contribution < -0.4 is 9.54 Å². The summed E-state index contributed by atoms with van der Waals surface area (Å²) >= 11 is 1.37. The molecule has 0 saturated heterocycles. The molecule has 7 heteroatoms. The van der Waals surface area contributed by atoms with Crippen LogP contribution in [0.4, 0.5) is 0 Å². The molecule has 0 spiro atoms. The van der Waals surface area contributed by atoms with Gasteiger partial charge in [-0.05, 0) is 55.3 Å². The zero-order valence-electron chi connectivity index (χ0n) is 13.9. The normalized spacial score (nSPS) is 12.8. The van der Waals surface area contributed by atoms with Crippen molar-refractivity contribution in [2.75, 3.05) is 7.11 Å². The van der Waals surface area contributed by atoms with Crippen molar-refractivity contribution in [3.63, 3.8) is 0 Å². The first-order chi connectivity index (χ1) is 11.3. The van der Waals surface area contributed by atoms with Gasteiger partial charge in [-0.25, -0.2) is 0 Å². The van der Waals surface area contributed by atoms with Crippen LogP contribution in [0.5, 0.6) is 5.75 Å². The second kappa shape index (κ2) is 6.07. The summed E-state index contributed by atoms with van der Waals surface area (Å²) in [6.07, 6.45) is 0. The van der Waals surface area contributed by atoms with E-state index < -0.39 is 10.0 Å². The smallest absolute Gasteiger partial charge is 0.285 e. The lowest BCUT2D eigenvalue weighted by atomic mass is 10.1. The molecule has 0 amide bonds. The van der Waals surface area contributed by atoms with E-state index in [1.165, 1.54) is 30.6 Å². The third-order valence-electron chi connectivity index (χ3n) is 3.79. The number of rotatable bonds is 3. The number of nitrogens with zero attached hydrogens (tertiary/aromatic N) is 2. The van der Waals surface area contributed by atoms with E-state index in [0.717, 1.165) is 21.3 Å². The molecule has 0 radical (unpaired) electrons. The summed E-state index contributed by atoms with van der Waals surface area (Å²) in [6, 6.07) is 10.4. The predicted molar refractivity (Wildman–Crippen MR) is 96.0 cm³/mol. The second-order valence-corrected chi connectivity index (χ2v) is 8.23. The van der Waals surface area contributed by atoms with Gasteiger partial charge in [0.2, 0.25) is 4.80 Å². The van der Waals surface area contributed by atoms with Crippen molar-refractivity contribution >= 4 is 31.6 Å². The fraction of sp³-hybridized carbons (Fsp3) is 0.235. The van der Waals surface area contributed by atoms with Crippen LogP contribution in [0.3, 0.4) is 0 Å². The van der Waals surface area contributed by atoms with Gasteiger partial charge in [0.25, 0.3) is 10.0 Å². The summed E-state index contributed by atoms with van der Waals surface area (Å²) in [5.41, 5.74) is 3.26. The average molecular weight is 362 g/mol. The monoisotopic (exact) mass is 362 g/mol. The van der Waals surface area contributed by atoms with Gasteiger partial charge in [-0.1, -0.05) is 17.4 Å². The van der Waals surface area contributed by atoms with Crippen molar-refractivity contribution in [2.45, 2.75) is 18.7 Å². The van der Waals surface area contributed by atoms with E-state index in [1.807, 2.05) is 31.5 Å². The number of aryl methyl sites for hydroxylation is 3. The van der Waals surface area contributed by atoms with Crippen molar-refractivity contribution < 1.29 is 13.2 Å². The summed E-state index contributed by atoms with van der Waals surface area (Å²) < 4.78 is 37.1. The van der Waals surface area contributed by atoms with Crippen LogP contribution in [-0.4, -0.2) is 20.1 Å². The molecule has 24 heavy (non-hydrogen) atoms. The highest BCUT2D eigenvalue weighted by Gasteiger charge is 2.14. The number of fused-ring (bicyclic) bond motifs is 1. The molecule has 1 heterocycles. The zero-order chi connectivity index (χ0) is 17.5. The van der Waals surface area contributed by atoms with Crippen LogP contribution in [0.1, 0.15) is 11.1 Å². The van der Waals surface area contributed by atoms with Crippen molar-refractivity contribution in [1.29, 1.82) is 0 Å². The molecule has 3 aromatic rings. The summed E-state index contributed by atoms with van der Waals surface area (Å²) in [5.74, 6) is 0.604. The standard InChI is InChI=1S/C17H18N2O3S2/c1-11-9-12(2)16-15(10-11)23-17(19(16)3)18-24(20,21)14-7-5-13(22-4)6-8-14/h5-10H,1-4H3. The molecule has 0 aliphatic carbocycles. The zero-order valence-corrected chi connectivity index (χ0v) is 15.5. The van der Waals surface area contributed by atoms with Crippen LogP contribution in [-0.2, 0) is 17.1 Å². The lowest BCUT2D eigenvalue weighted by molar-refractivity contribution is 0.414. The molecular weight excluding hydrogens is 344 g/mol. The van der Waals surface area contributed by atoms with Crippen molar-refractivity contribution in [1.82, 2.24) is 4.57 Å². The highest BCUT2D eigenvalue weighted by molar-refractivity contribution is 7.90. The number of hydrogen-bond acceptors (Lipinski definition) is 4. The molecule has 3 rings (SSSR count). The van der Waals surface area contributed by atoms with Crippen molar-refractivity contribution in [3.05, 3.63) is 52.3 Å². The molecule has 126 valence electrons. The maximum atomic E-state index is 12.6. The predicted octanol–water partition coefficient (Wildman–Crippen LogP) is 3.15. The number of aromatic nitrogens is 1. The average Bonchev–Trinajstić information content (AvgIpc) is 2.82. The summed E-state index contributed by atoms with van der Waals surface area (Å²) in [7, 11) is -0.398. The minimum Gasteiger partial charge on any atom is -0.497 e. The summed E-state index contributed by atoms with van der Waals surface area (Å²) in [4.78, 5) is 0.600. The number of ether oxygens (including phenoxy) is 1. The Hall–Kier alpha value is -2.12. The van der Waals surface area contributed by atoms with Gasteiger partial charge in [0.05, 0.1) is 22.2 Å². The van der Waals surface area contributed by atoms with E-state index in [0.29, 0.717) is 10.6 Å². The molecule has 0 aliphatic rings. The lowest BCUT2D eigenvalue weighted by Gasteiger charge is -2.02. The lowest BCUT2D eigenvalue weighted by Crippen LogP contribution is -2.14. The SMILES string of the molecule is COc1ccc(S(=O)(=O)N=c2sc3cc(C)cc(C)c3n2C)cc1. The first-order valence-corrected chi connectivity index (χ1v) is 9.59. The quantitative estimate of drug-likeness (QED) is 0.719. The summed E-state index contributed by atoms with van der Waals surface area (Å²) in [5, 5.41) is 0. The summed E-state index contributed by atoms with van der Waals surface area (Å²) in [6.45, 7) is 4.04. The Morgan fingerprint density at radius 3 is 2.42 bits per heavy atom. The Kier molecular flexibility index (Phi) is 4.23. The molecule has 1 aromatic heterocycles. The van der Waals surface area contributed by atoms with Gasteiger partial charge in [-0.2, -0.15) is 8.42 Å². The second-order valence-electron chi connectivity index (χ2n) is 5.61. The molecule has 2 aromatic carbocycles. The fourth-order valence-electron chi connectivity index (χ4n) is 2.67. The first-order valence-electron chi connectivity index (χ1n) is 7.33. The fourth-order valence-corrected chi connectivity index (χ4v) is 5.10. The molecule has 0 bridgehead atoms. The van der Waals surface area contributed by atoms with Crippen LogP contribution in [0.2, 0.25) is 0 Å². The van der Waals surface area contributed by atoms with Crippen LogP contribution >= 0.6 is 11.3 Å². The molecule has 5 nitrogen and oxygen atoms in total. The highest BCUT2D eigenvalue weighted by Crippen LogP contribution is 2.23. The van der Waals surface area contributed by atoms with Gasteiger partial charge >= 0.3 is 0 Å². The Morgan fingerprint density at radius 1 is 1.12 bits per heavy atom. The van der Waals surface area contributed by atoms with Gasteiger partial charge in [-0.3, -0.25) is 0 Å². The van der Waals surface area contributed by atoms with Crippen molar-refractivity contribution in [3.8, 4) is 5.75 Å². The number of thiazole rings is 1. The maximum absolute atomic E-state index is 12.6. The Bertz CT molecular complexity index is 1080. The number of benzene rings is 2. The van der Waals surface area contributed by atoms with E-state index in [-0.39, 0.29) is 4.90 Å². The van der Waals surface area contributed by atoms with Crippen molar-refractivity contribution in [2.24, 2.45) is 11.4 Å². The minimum atomic E-state index is -3.77. The largest absolute Gasteiger partial charge is 0.497 e. The van der Waals surface area contributed by atoms with E-state index in [1.54, 1.807) is 12.1 Å². The molecule has 0 fully saturated rings. The number of methoxy groups -OCH3 is 1. The van der Waals surface area contributed by atoms with Gasteiger partial charge in [-0.15, -0.1) is 4.40 Å². The van der Waals surface area contributed by atoms with E-state index in [2.05, 4.69) is 10.5 Å². The Labute approximate surface area is 144 Å². The Balaban J connectivity index is 2.18. The molecule has 0 N–H and O–H groups in total. The molecule has 0 aliphatic heterocycles. The highest BCUT2D eigenvalue weighted by atomic mass is 32.2. The van der Waals surface area contributed by atoms with Crippen LogP contribution in [0, 0.1) is 13.8 Å². The van der Waals surface area contributed by atoms with E-state index >= 15 is 0 Å². The van der Waals surface area contributed by atoms with E-state index in [9.17, 15) is 8.42 Å². The topological polar surface area (TPSA) is 60.7 Å². The third kappa shape index (κ3) is 2.97. The number of sulfonamides is 1. The molecule has 0 unspecified atom stereocenters. The van der Waals surface area contributed by atoms with Gasteiger partial charge in [0.1, 0.15) is 5.75 Å². The van der Waals surface area contributed by atoms with Gasteiger partial charge in [0.15, 0.2) is 0 Å². The van der Waals surface area contributed by atoms with Crippen LogP contribution in [0.25, 0.3) is 10.2 Å². The van der Waals surface area contributed by atoms with Gasteiger partial charge in [0, 0.05) is 7.05 Å². The minimum absolute atomic E-state index is 0.147.